The van der Waals surface area contributed by atoms with Gasteiger partial charge in [-0.1, -0.05) is 18.9 Å². The van der Waals surface area contributed by atoms with Crippen molar-refractivity contribution in [3.63, 3.8) is 0 Å². The van der Waals surface area contributed by atoms with Crippen LogP contribution in [0.25, 0.3) is 0 Å². The third kappa shape index (κ3) is 4.67. The van der Waals surface area contributed by atoms with Crippen molar-refractivity contribution in [1.29, 1.82) is 0 Å². The number of unbranched alkanes of at least 4 members (excludes halogenated alkanes) is 3. The van der Waals surface area contributed by atoms with E-state index in [1.165, 1.54) is 11.8 Å². The fourth-order valence-corrected chi connectivity index (χ4v) is 4.63. The number of amides is 5. The standard InChI is InChI=1S/C20H23N3O5S/c21-15(24)8-3-1-2-4-11-29-14-7-5-6-12-17(14)20(28)23(19(12)27)13-9-10-16(25)22-18(13)26/h5-7,13H,1-4,8-11H2,(H2,21,24)(H,22,25,26). The van der Waals surface area contributed by atoms with E-state index in [-0.39, 0.29) is 18.7 Å². The largest absolute Gasteiger partial charge is 0.370 e. The van der Waals surface area contributed by atoms with Crippen molar-refractivity contribution in [2.24, 2.45) is 5.73 Å². The van der Waals surface area contributed by atoms with E-state index in [9.17, 15) is 24.0 Å². The number of carbonyl (C=O) groups excluding carboxylic acids is 5. The lowest BCUT2D eigenvalue weighted by atomic mass is 10.0. The number of nitrogens with zero attached hydrogens (tertiary/aromatic N) is 1. The zero-order chi connectivity index (χ0) is 21.0. The quantitative estimate of drug-likeness (QED) is 0.357. The van der Waals surface area contributed by atoms with Gasteiger partial charge in [0.2, 0.25) is 17.7 Å². The van der Waals surface area contributed by atoms with Gasteiger partial charge in [-0.25, -0.2) is 0 Å². The molecule has 0 radical (unpaired) electrons. The van der Waals surface area contributed by atoms with Crippen LogP contribution in [-0.4, -0.2) is 46.2 Å². The first-order valence-electron chi connectivity index (χ1n) is 9.66. The Kier molecular flexibility index (Phi) is 6.68. The summed E-state index contributed by atoms with van der Waals surface area (Å²) in [5, 5.41) is 2.20. The Bertz CT molecular complexity index is 870. The molecule has 0 spiro atoms. The smallest absolute Gasteiger partial charge is 0.263 e. The van der Waals surface area contributed by atoms with E-state index in [4.69, 9.17) is 5.73 Å². The summed E-state index contributed by atoms with van der Waals surface area (Å²) in [5.41, 5.74) is 5.75. The zero-order valence-electron chi connectivity index (χ0n) is 15.9. The summed E-state index contributed by atoms with van der Waals surface area (Å²) >= 11 is 1.50. The van der Waals surface area contributed by atoms with Gasteiger partial charge in [0.1, 0.15) is 6.04 Å². The van der Waals surface area contributed by atoms with Gasteiger partial charge in [0.05, 0.1) is 11.1 Å². The molecule has 5 amide bonds. The van der Waals surface area contributed by atoms with Crippen molar-refractivity contribution in [2.75, 3.05) is 5.75 Å². The van der Waals surface area contributed by atoms with E-state index in [1.807, 2.05) is 0 Å². The van der Waals surface area contributed by atoms with Crippen LogP contribution in [0, 0.1) is 0 Å². The summed E-state index contributed by atoms with van der Waals surface area (Å²) in [6, 6.07) is 4.17. The molecule has 0 aliphatic carbocycles. The fourth-order valence-electron chi connectivity index (χ4n) is 3.54. The number of hydrogen-bond donors (Lipinski definition) is 2. The first kappa shape index (κ1) is 21.0. The Balaban J connectivity index is 1.63. The molecule has 0 aromatic heterocycles. The number of imide groups is 2. The van der Waals surface area contributed by atoms with E-state index in [1.54, 1.807) is 18.2 Å². The highest BCUT2D eigenvalue weighted by atomic mass is 32.2. The first-order valence-corrected chi connectivity index (χ1v) is 10.6. The molecule has 2 heterocycles. The Labute approximate surface area is 172 Å². The van der Waals surface area contributed by atoms with Crippen LogP contribution in [0.5, 0.6) is 0 Å². The molecule has 2 aliphatic rings. The normalized spacial score (nSPS) is 18.8. The Hall–Kier alpha value is -2.68. The number of fused-ring (bicyclic) bond motifs is 1. The highest BCUT2D eigenvalue weighted by Crippen LogP contribution is 2.34. The van der Waals surface area contributed by atoms with Gasteiger partial charge in [0.25, 0.3) is 11.8 Å². The first-order chi connectivity index (χ1) is 13.9. The maximum atomic E-state index is 13.0. The molecular weight excluding hydrogens is 394 g/mol. The van der Waals surface area contributed by atoms with Gasteiger partial charge in [-0.15, -0.1) is 11.8 Å². The molecule has 0 saturated carbocycles. The van der Waals surface area contributed by atoms with Crippen molar-refractivity contribution in [1.82, 2.24) is 10.2 Å². The molecule has 8 nitrogen and oxygen atoms in total. The second-order valence-electron chi connectivity index (χ2n) is 7.10. The minimum atomic E-state index is -0.955. The average molecular weight is 417 g/mol. The van der Waals surface area contributed by atoms with Crippen molar-refractivity contribution < 1.29 is 24.0 Å². The van der Waals surface area contributed by atoms with Gasteiger partial charge < -0.3 is 5.73 Å². The Morgan fingerprint density at radius 1 is 1.10 bits per heavy atom. The predicted molar refractivity (Wildman–Crippen MR) is 106 cm³/mol. The highest BCUT2D eigenvalue weighted by Gasteiger charge is 2.45. The van der Waals surface area contributed by atoms with Crippen molar-refractivity contribution in [3.05, 3.63) is 29.3 Å². The molecule has 154 valence electrons. The van der Waals surface area contributed by atoms with E-state index in [0.29, 0.717) is 22.4 Å². The summed E-state index contributed by atoms with van der Waals surface area (Å²) < 4.78 is 0. The molecule has 3 N–H and O–H groups in total. The molecule has 1 aromatic carbocycles. The van der Waals surface area contributed by atoms with Gasteiger partial charge in [-0.3, -0.25) is 34.2 Å². The lowest BCUT2D eigenvalue weighted by Gasteiger charge is -2.27. The highest BCUT2D eigenvalue weighted by molar-refractivity contribution is 7.99. The van der Waals surface area contributed by atoms with E-state index in [2.05, 4.69) is 5.32 Å². The maximum Gasteiger partial charge on any atom is 0.263 e. The molecule has 1 unspecified atom stereocenters. The molecule has 1 atom stereocenters. The summed E-state index contributed by atoms with van der Waals surface area (Å²) in [6.07, 6.45) is 4.18. The molecule has 1 aromatic rings. The van der Waals surface area contributed by atoms with Gasteiger partial charge >= 0.3 is 0 Å². The van der Waals surface area contributed by atoms with Crippen LogP contribution >= 0.6 is 11.8 Å². The fraction of sp³-hybridized carbons (Fsp3) is 0.450. The van der Waals surface area contributed by atoms with Gasteiger partial charge in [0.15, 0.2) is 0 Å². The number of benzene rings is 1. The molecule has 9 heteroatoms. The number of primary amides is 1. The molecule has 1 saturated heterocycles. The second kappa shape index (κ2) is 9.21. The Morgan fingerprint density at radius 3 is 2.59 bits per heavy atom. The molecule has 2 aliphatic heterocycles. The monoisotopic (exact) mass is 417 g/mol. The molecule has 0 bridgehead atoms. The summed E-state index contributed by atoms with van der Waals surface area (Å²) in [4.78, 5) is 61.7. The SMILES string of the molecule is NC(=O)CCCCCCSc1cccc2c1C(=O)N(C1CCC(=O)NC1=O)C2=O. The topological polar surface area (TPSA) is 127 Å². The molecule has 29 heavy (non-hydrogen) atoms. The van der Waals surface area contributed by atoms with E-state index < -0.39 is 29.7 Å². The van der Waals surface area contributed by atoms with E-state index in [0.717, 1.165) is 36.3 Å². The number of hydrogen-bond acceptors (Lipinski definition) is 6. The number of nitrogens with one attached hydrogen (secondary N) is 1. The van der Waals surface area contributed by atoms with Crippen LogP contribution in [0.2, 0.25) is 0 Å². The lowest BCUT2D eigenvalue weighted by molar-refractivity contribution is -0.136. The van der Waals surface area contributed by atoms with Crippen LogP contribution in [0.4, 0.5) is 0 Å². The number of carbonyl (C=O) groups is 5. The summed E-state index contributed by atoms with van der Waals surface area (Å²) in [5.74, 6) is -1.50. The summed E-state index contributed by atoms with van der Waals surface area (Å²) in [6.45, 7) is 0. The molecular formula is C20H23N3O5S. The van der Waals surface area contributed by atoms with Gasteiger partial charge in [-0.2, -0.15) is 0 Å². The maximum absolute atomic E-state index is 13.0. The van der Waals surface area contributed by atoms with Crippen LogP contribution in [0.15, 0.2) is 23.1 Å². The lowest BCUT2D eigenvalue weighted by Crippen LogP contribution is -2.54. The number of nitrogens with two attached hydrogens (primary N) is 1. The number of thioether (sulfide) groups is 1. The van der Waals surface area contributed by atoms with E-state index >= 15 is 0 Å². The number of piperidine rings is 1. The van der Waals surface area contributed by atoms with Crippen LogP contribution in [-0.2, 0) is 14.4 Å². The van der Waals surface area contributed by atoms with Crippen LogP contribution < -0.4 is 11.1 Å². The zero-order valence-corrected chi connectivity index (χ0v) is 16.8. The van der Waals surface area contributed by atoms with Crippen LogP contribution in [0.3, 0.4) is 0 Å². The second-order valence-corrected chi connectivity index (χ2v) is 8.24. The number of rotatable bonds is 9. The molecule has 3 rings (SSSR count). The third-order valence-corrected chi connectivity index (χ3v) is 6.15. The van der Waals surface area contributed by atoms with Crippen molar-refractivity contribution in [3.8, 4) is 0 Å². The molecule has 1 fully saturated rings. The van der Waals surface area contributed by atoms with Crippen molar-refractivity contribution >= 4 is 41.3 Å². The minimum Gasteiger partial charge on any atom is -0.370 e. The van der Waals surface area contributed by atoms with Crippen LogP contribution in [0.1, 0.15) is 65.7 Å². The van der Waals surface area contributed by atoms with Gasteiger partial charge in [0, 0.05) is 17.7 Å². The Morgan fingerprint density at radius 2 is 1.86 bits per heavy atom. The van der Waals surface area contributed by atoms with Gasteiger partial charge in [-0.05, 0) is 37.1 Å². The third-order valence-electron chi connectivity index (χ3n) is 5.00. The summed E-state index contributed by atoms with van der Waals surface area (Å²) in [7, 11) is 0. The minimum absolute atomic E-state index is 0.0984. The van der Waals surface area contributed by atoms with Crippen molar-refractivity contribution in [2.45, 2.75) is 55.9 Å². The predicted octanol–water partition coefficient (Wildman–Crippen LogP) is 1.62. The average Bonchev–Trinajstić information content (AvgIpc) is 2.92.